The van der Waals surface area contributed by atoms with E-state index in [2.05, 4.69) is 10.1 Å². The van der Waals surface area contributed by atoms with Crippen molar-refractivity contribution in [3.05, 3.63) is 29.8 Å². The molecule has 1 aromatic rings. The minimum absolute atomic E-state index is 0.0671. The van der Waals surface area contributed by atoms with Gasteiger partial charge in [-0.25, -0.2) is 0 Å². The fourth-order valence-corrected chi connectivity index (χ4v) is 2.42. The first-order valence-electron chi connectivity index (χ1n) is 6.59. The molecule has 0 saturated heterocycles. The van der Waals surface area contributed by atoms with Crippen molar-refractivity contribution >= 4 is 29.3 Å². The summed E-state index contributed by atoms with van der Waals surface area (Å²) >= 11 is 1.44. The van der Waals surface area contributed by atoms with Crippen molar-refractivity contribution < 1.29 is 32.6 Å². The van der Waals surface area contributed by atoms with Crippen LogP contribution in [0.3, 0.4) is 0 Å². The van der Waals surface area contributed by atoms with E-state index in [1.165, 1.54) is 11.8 Å². The Kier molecular flexibility index (Phi) is 7.90. The van der Waals surface area contributed by atoms with Gasteiger partial charge in [0.15, 0.2) is 0 Å². The Morgan fingerprint density at radius 2 is 2.04 bits per heavy atom. The number of anilines is 1. The highest BCUT2D eigenvalue weighted by molar-refractivity contribution is 7.98. The number of ether oxygens (including phenoxy) is 1. The van der Waals surface area contributed by atoms with E-state index in [9.17, 15) is 22.8 Å². The van der Waals surface area contributed by atoms with Crippen LogP contribution in [0.4, 0.5) is 18.9 Å². The highest BCUT2D eigenvalue weighted by Gasteiger charge is 2.27. The number of thioether (sulfide) groups is 1. The SMILES string of the molecule is O=C(O)CCSCc1cccc(NC(=O)COCC(F)(F)F)c1. The molecule has 0 unspecified atom stereocenters. The molecule has 0 heterocycles. The van der Waals surface area contributed by atoms with Crippen LogP contribution in [0.15, 0.2) is 24.3 Å². The number of carboxylic acids is 1. The highest BCUT2D eigenvalue weighted by Crippen LogP contribution is 2.17. The van der Waals surface area contributed by atoms with Gasteiger partial charge in [-0.15, -0.1) is 0 Å². The zero-order valence-corrected chi connectivity index (χ0v) is 12.9. The van der Waals surface area contributed by atoms with Crippen LogP contribution in [-0.2, 0) is 20.1 Å². The van der Waals surface area contributed by atoms with Crippen LogP contribution in [0, 0.1) is 0 Å². The van der Waals surface area contributed by atoms with Crippen molar-refractivity contribution in [3.8, 4) is 0 Å². The normalized spacial score (nSPS) is 11.3. The smallest absolute Gasteiger partial charge is 0.411 e. The van der Waals surface area contributed by atoms with Crippen LogP contribution < -0.4 is 5.32 Å². The lowest BCUT2D eigenvalue weighted by molar-refractivity contribution is -0.174. The third kappa shape index (κ3) is 9.80. The van der Waals surface area contributed by atoms with Gasteiger partial charge in [0.1, 0.15) is 13.2 Å². The van der Waals surface area contributed by atoms with Gasteiger partial charge in [-0.1, -0.05) is 12.1 Å². The topological polar surface area (TPSA) is 75.6 Å². The van der Waals surface area contributed by atoms with Crippen LogP contribution in [0.1, 0.15) is 12.0 Å². The molecule has 0 aliphatic rings. The summed E-state index contributed by atoms with van der Waals surface area (Å²) in [5.41, 5.74) is 1.32. The van der Waals surface area contributed by atoms with Crippen LogP contribution in [0.2, 0.25) is 0 Å². The van der Waals surface area contributed by atoms with E-state index in [0.717, 1.165) is 5.56 Å². The molecule has 1 amide bonds. The Bertz CT molecular complexity index is 537. The summed E-state index contributed by atoms with van der Waals surface area (Å²) in [4.78, 5) is 21.9. The van der Waals surface area contributed by atoms with Crippen LogP contribution in [0.25, 0.3) is 0 Å². The second kappa shape index (κ2) is 9.41. The predicted octanol–water partition coefficient (Wildman–Crippen LogP) is 2.91. The minimum atomic E-state index is -4.46. The van der Waals surface area contributed by atoms with Crippen molar-refractivity contribution in [1.29, 1.82) is 0 Å². The van der Waals surface area contributed by atoms with Crippen LogP contribution in [-0.4, -0.2) is 42.1 Å². The van der Waals surface area contributed by atoms with E-state index in [1.54, 1.807) is 18.2 Å². The second-order valence-corrected chi connectivity index (χ2v) is 5.66. The molecule has 128 valence electrons. The van der Waals surface area contributed by atoms with E-state index in [-0.39, 0.29) is 6.42 Å². The van der Waals surface area contributed by atoms with E-state index in [4.69, 9.17) is 5.11 Å². The van der Waals surface area contributed by atoms with Crippen molar-refractivity contribution in [1.82, 2.24) is 0 Å². The van der Waals surface area contributed by atoms with Gasteiger partial charge >= 0.3 is 12.1 Å². The molecular weight excluding hydrogens is 335 g/mol. The molecular formula is C14H16F3NO4S. The third-order valence-corrected chi connectivity index (χ3v) is 3.47. The average Bonchev–Trinajstić information content (AvgIpc) is 2.42. The monoisotopic (exact) mass is 351 g/mol. The Labute approximate surface area is 135 Å². The van der Waals surface area contributed by atoms with Gasteiger partial charge in [-0.05, 0) is 17.7 Å². The Morgan fingerprint density at radius 3 is 2.70 bits per heavy atom. The summed E-state index contributed by atoms with van der Waals surface area (Å²) in [5.74, 6) is -0.499. The zero-order chi connectivity index (χ0) is 17.3. The lowest BCUT2D eigenvalue weighted by Crippen LogP contribution is -2.24. The van der Waals surface area contributed by atoms with Crippen LogP contribution in [0.5, 0.6) is 0 Å². The number of carbonyl (C=O) groups excluding carboxylic acids is 1. The fraction of sp³-hybridized carbons (Fsp3) is 0.429. The zero-order valence-electron chi connectivity index (χ0n) is 12.1. The predicted molar refractivity (Wildman–Crippen MR) is 80.4 cm³/mol. The Morgan fingerprint density at radius 1 is 1.30 bits per heavy atom. The molecule has 5 nitrogen and oxygen atoms in total. The number of carboxylic acid groups (broad SMARTS) is 1. The van der Waals surface area contributed by atoms with Crippen molar-refractivity contribution in [3.63, 3.8) is 0 Å². The molecule has 0 aliphatic carbocycles. The molecule has 1 aromatic carbocycles. The summed E-state index contributed by atoms with van der Waals surface area (Å²) in [6.45, 7) is -2.15. The number of alkyl halides is 3. The van der Waals surface area contributed by atoms with Gasteiger partial charge in [-0.2, -0.15) is 24.9 Å². The number of hydrogen-bond acceptors (Lipinski definition) is 4. The van der Waals surface area contributed by atoms with E-state index < -0.39 is 31.3 Å². The third-order valence-electron chi connectivity index (χ3n) is 2.44. The maximum absolute atomic E-state index is 11.9. The largest absolute Gasteiger partial charge is 0.481 e. The molecule has 0 fully saturated rings. The number of amides is 1. The Hall–Kier alpha value is -1.74. The maximum atomic E-state index is 11.9. The molecule has 23 heavy (non-hydrogen) atoms. The molecule has 0 atom stereocenters. The molecule has 9 heteroatoms. The number of benzene rings is 1. The van der Waals surface area contributed by atoms with E-state index >= 15 is 0 Å². The lowest BCUT2D eigenvalue weighted by Gasteiger charge is -2.09. The number of aliphatic carboxylic acids is 1. The van der Waals surface area contributed by atoms with Gasteiger partial charge in [0, 0.05) is 17.2 Å². The number of rotatable bonds is 9. The van der Waals surface area contributed by atoms with Gasteiger partial charge in [0.2, 0.25) is 5.91 Å². The average molecular weight is 351 g/mol. The molecule has 0 aromatic heterocycles. The first kappa shape index (κ1) is 19.3. The lowest BCUT2D eigenvalue weighted by atomic mass is 10.2. The number of nitrogens with one attached hydrogen (secondary N) is 1. The summed E-state index contributed by atoms with van der Waals surface area (Å²) in [5, 5.41) is 11.0. The van der Waals surface area contributed by atoms with E-state index in [0.29, 0.717) is 17.2 Å². The van der Waals surface area contributed by atoms with Gasteiger partial charge in [-0.3, -0.25) is 9.59 Å². The van der Waals surface area contributed by atoms with Crippen molar-refractivity contribution in [2.45, 2.75) is 18.3 Å². The van der Waals surface area contributed by atoms with Crippen LogP contribution >= 0.6 is 11.8 Å². The number of halogens is 3. The highest BCUT2D eigenvalue weighted by atomic mass is 32.2. The second-order valence-electron chi connectivity index (χ2n) is 4.55. The molecule has 0 spiro atoms. The number of carbonyl (C=O) groups is 2. The molecule has 0 bridgehead atoms. The summed E-state index contributed by atoms with van der Waals surface area (Å²) in [6.07, 6.45) is -4.40. The standard InChI is InChI=1S/C14H16F3NO4S/c15-14(16,17)9-22-7-12(19)18-11-3-1-2-10(6-11)8-23-5-4-13(20)21/h1-3,6H,4-5,7-9H2,(H,18,19)(H,20,21). The van der Waals surface area contributed by atoms with Gasteiger partial charge in [0.05, 0.1) is 6.42 Å². The van der Waals surface area contributed by atoms with Gasteiger partial charge in [0.25, 0.3) is 0 Å². The fourth-order valence-electron chi connectivity index (χ4n) is 1.54. The van der Waals surface area contributed by atoms with Crippen molar-refractivity contribution in [2.24, 2.45) is 0 Å². The first-order chi connectivity index (χ1) is 10.8. The summed E-state index contributed by atoms with van der Waals surface area (Å²) < 4.78 is 39.9. The number of hydrogen-bond donors (Lipinski definition) is 2. The van der Waals surface area contributed by atoms with E-state index in [1.807, 2.05) is 6.07 Å². The molecule has 1 rings (SSSR count). The van der Waals surface area contributed by atoms with Gasteiger partial charge < -0.3 is 15.2 Å². The summed E-state index contributed by atoms with van der Waals surface area (Å²) in [6, 6.07) is 6.78. The Balaban J connectivity index is 2.38. The summed E-state index contributed by atoms with van der Waals surface area (Å²) in [7, 11) is 0. The molecule has 0 aliphatic heterocycles. The van der Waals surface area contributed by atoms with Crippen molar-refractivity contribution in [2.75, 3.05) is 24.3 Å². The maximum Gasteiger partial charge on any atom is 0.411 e. The molecule has 0 radical (unpaired) electrons. The quantitative estimate of drug-likeness (QED) is 0.669. The first-order valence-corrected chi connectivity index (χ1v) is 7.74. The molecule has 2 N–H and O–H groups in total. The molecule has 0 saturated carbocycles. The minimum Gasteiger partial charge on any atom is -0.481 e.